The Morgan fingerprint density at radius 3 is 2.62 bits per heavy atom. The first kappa shape index (κ1) is 20.6. The summed E-state index contributed by atoms with van der Waals surface area (Å²) in [6.07, 6.45) is 3.21. The van der Waals surface area contributed by atoms with Crippen LogP contribution < -0.4 is 14.8 Å². The van der Waals surface area contributed by atoms with E-state index in [0.29, 0.717) is 23.2 Å². The van der Waals surface area contributed by atoms with E-state index in [1.807, 2.05) is 50.2 Å². The molecular weight excluding hydrogens is 384 g/mol. The van der Waals surface area contributed by atoms with Crippen molar-refractivity contribution in [2.45, 2.75) is 27.4 Å². The van der Waals surface area contributed by atoms with Gasteiger partial charge in [-0.05, 0) is 55.7 Å². The number of ether oxygens (including phenoxy) is 2. The number of methoxy groups -OCH3 is 1. The van der Waals surface area contributed by atoms with Crippen LogP contribution in [-0.4, -0.2) is 18.0 Å². The van der Waals surface area contributed by atoms with Crippen LogP contribution in [0.25, 0.3) is 6.08 Å². The topological polar surface area (TPSA) is 60.5 Å². The number of aryl methyl sites for hydroxylation is 3. The van der Waals surface area contributed by atoms with Crippen molar-refractivity contribution in [3.8, 4) is 11.5 Å². The predicted octanol–water partition coefficient (Wildman–Crippen LogP) is 5.31. The summed E-state index contributed by atoms with van der Waals surface area (Å²) in [5.74, 6) is 1.05. The lowest BCUT2D eigenvalue weighted by atomic mass is 10.1. The molecule has 0 aliphatic heterocycles. The predicted molar refractivity (Wildman–Crippen MR) is 118 cm³/mol. The number of nitrogens with zero attached hydrogens (tertiary/aromatic N) is 1. The summed E-state index contributed by atoms with van der Waals surface area (Å²) < 4.78 is 11.4. The van der Waals surface area contributed by atoms with Gasteiger partial charge in [0.05, 0.1) is 12.8 Å². The molecular formula is C23H24N2O3S. The van der Waals surface area contributed by atoms with Crippen molar-refractivity contribution in [2.75, 3.05) is 12.4 Å². The van der Waals surface area contributed by atoms with Crippen LogP contribution in [0.1, 0.15) is 27.3 Å². The number of rotatable bonds is 7. The highest BCUT2D eigenvalue weighted by atomic mass is 32.1. The third-order valence-electron chi connectivity index (χ3n) is 4.52. The zero-order chi connectivity index (χ0) is 20.8. The molecule has 3 aromatic rings. The Balaban J connectivity index is 1.65. The molecule has 5 nitrogen and oxygen atoms in total. The highest BCUT2D eigenvalue weighted by molar-refractivity contribution is 7.15. The Morgan fingerprint density at radius 1 is 1.14 bits per heavy atom. The summed E-state index contributed by atoms with van der Waals surface area (Å²) in [4.78, 5) is 17.5. The minimum absolute atomic E-state index is 0.224. The summed E-state index contributed by atoms with van der Waals surface area (Å²) in [5, 5.41) is 3.39. The molecule has 29 heavy (non-hydrogen) atoms. The van der Waals surface area contributed by atoms with E-state index >= 15 is 0 Å². The van der Waals surface area contributed by atoms with Gasteiger partial charge in [-0.2, -0.15) is 0 Å². The highest BCUT2D eigenvalue weighted by Gasteiger charge is 2.08. The number of nitrogens with one attached hydrogen (secondary N) is 1. The maximum absolute atomic E-state index is 12.1. The fraction of sp³-hybridized carbons (Fsp3) is 0.217. The second kappa shape index (κ2) is 9.39. The molecule has 1 aromatic heterocycles. The average molecular weight is 409 g/mol. The fourth-order valence-electron chi connectivity index (χ4n) is 2.68. The largest absolute Gasteiger partial charge is 0.493 e. The van der Waals surface area contributed by atoms with Crippen molar-refractivity contribution in [3.05, 3.63) is 75.8 Å². The van der Waals surface area contributed by atoms with Gasteiger partial charge in [-0.3, -0.25) is 10.1 Å². The summed E-state index contributed by atoms with van der Waals surface area (Å²) in [6.45, 7) is 6.43. The summed E-state index contributed by atoms with van der Waals surface area (Å²) in [7, 11) is 1.60. The summed E-state index contributed by atoms with van der Waals surface area (Å²) in [6, 6.07) is 13.7. The average Bonchev–Trinajstić information content (AvgIpc) is 3.02. The maximum atomic E-state index is 12.1. The van der Waals surface area contributed by atoms with Crippen LogP contribution in [0.3, 0.4) is 0 Å². The van der Waals surface area contributed by atoms with E-state index in [1.165, 1.54) is 23.0 Å². The van der Waals surface area contributed by atoms with Crippen molar-refractivity contribution in [3.63, 3.8) is 0 Å². The normalized spacial score (nSPS) is 10.9. The molecule has 1 heterocycles. The lowest BCUT2D eigenvalue weighted by Crippen LogP contribution is -2.07. The molecule has 0 spiro atoms. The Hall–Kier alpha value is -3.12. The summed E-state index contributed by atoms with van der Waals surface area (Å²) in [5.41, 5.74) is 4.08. The van der Waals surface area contributed by atoms with Crippen LogP contribution in [0.2, 0.25) is 0 Å². The van der Waals surface area contributed by atoms with E-state index in [9.17, 15) is 4.79 Å². The van der Waals surface area contributed by atoms with Crippen LogP contribution in [0.5, 0.6) is 11.5 Å². The molecule has 0 radical (unpaired) electrons. The molecule has 0 aliphatic carbocycles. The van der Waals surface area contributed by atoms with Crippen molar-refractivity contribution in [1.29, 1.82) is 0 Å². The first-order valence-corrected chi connectivity index (χ1v) is 10.1. The van der Waals surface area contributed by atoms with Crippen LogP contribution in [0.4, 0.5) is 5.13 Å². The summed E-state index contributed by atoms with van der Waals surface area (Å²) >= 11 is 1.46. The minimum atomic E-state index is -0.224. The van der Waals surface area contributed by atoms with Gasteiger partial charge in [0.25, 0.3) is 0 Å². The lowest BCUT2D eigenvalue weighted by molar-refractivity contribution is -0.111. The van der Waals surface area contributed by atoms with Gasteiger partial charge in [0.1, 0.15) is 6.61 Å². The van der Waals surface area contributed by atoms with Gasteiger partial charge in [-0.15, -0.1) is 11.3 Å². The molecule has 0 atom stereocenters. The van der Waals surface area contributed by atoms with Crippen LogP contribution in [0.15, 0.2) is 48.5 Å². The first-order chi connectivity index (χ1) is 14.0. The SMILES string of the molecule is COc1cc(/C=C/C(=O)Nc2nc(C)c(C)s2)ccc1OCc1ccccc1C. The zero-order valence-electron chi connectivity index (χ0n) is 17.0. The van der Waals surface area contributed by atoms with Crippen molar-refractivity contribution >= 4 is 28.5 Å². The Kier molecular flexibility index (Phi) is 6.67. The number of benzene rings is 2. The molecule has 1 N–H and O–H groups in total. The van der Waals surface area contributed by atoms with Crippen molar-refractivity contribution < 1.29 is 14.3 Å². The second-order valence-electron chi connectivity index (χ2n) is 6.61. The standard InChI is InChI=1S/C23H24N2O3S/c1-15-7-5-6-8-19(15)14-28-20-11-9-18(13-21(20)27-4)10-12-22(26)25-23-24-16(2)17(3)29-23/h5-13H,14H2,1-4H3,(H,24,25,26)/b12-10+. The van der Waals surface area contributed by atoms with E-state index in [4.69, 9.17) is 9.47 Å². The first-order valence-electron chi connectivity index (χ1n) is 9.24. The van der Waals surface area contributed by atoms with Crippen LogP contribution in [0, 0.1) is 20.8 Å². The Bertz CT molecular complexity index is 1020. The number of hydrogen-bond donors (Lipinski definition) is 1. The molecule has 2 aromatic carbocycles. The molecule has 0 saturated heterocycles. The Morgan fingerprint density at radius 2 is 1.93 bits per heavy atom. The molecule has 0 saturated carbocycles. The number of amides is 1. The third-order valence-corrected chi connectivity index (χ3v) is 5.51. The van der Waals surface area contributed by atoms with E-state index < -0.39 is 0 Å². The zero-order valence-corrected chi connectivity index (χ0v) is 17.8. The van der Waals surface area contributed by atoms with Gasteiger partial charge >= 0.3 is 0 Å². The number of anilines is 1. The Labute approximate surface area is 175 Å². The van der Waals surface area contributed by atoms with E-state index in [1.54, 1.807) is 13.2 Å². The van der Waals surface area contributed by atoms with E-state index in [-0.39, 0.29) is 5.91 Å². The molecule has 150 valence electrons. The molecule has 0 aliphatic rings. The van der Waals surface area contributed by atoms with Gasteiger partial charge in [0, 0.05) is 11.0 Å². The number of carbonyl (C=O) groups is 1. The van der Waals surface area contributed by atoms with E-state index in [0.717, 1.165) is 21.7 Å². The monoisotopic (exact) mass is 408 g/mol. The number of carbonyl (C=O) groups excluding carboxylic acids is 1. The van der Waals surface area contributed by atoms with Crippen LogP contribution in [-0.2, 0) is 11.4 Å². The number of aromatic nitrogens is 1. The van der Waals surface area contributed by atoms with Gasteiger partial charge in [-0.1, -0.05) is 30.3 Å². The third kappa shape index (κ3) is 5.45. The fourth-order valence-corrected chi connectivity index (χ4v) is 3.50. The second-order valence-corrected chi connectivity index (χ2v) is 7.81. The minimum Gasteiger partial charge on any atom is -0.493 e. The molecule has 0 unspecified atom stereocenters. The molecule has 0 fully saturated rings. The molecule has 6 heteroatoms. The van der Waals surface area contributed by atoms with Gasteiger partial charge in [0.2, 0.25) is 5.91 Å². The van der Waals surface area contributed by atoms with E-state index in [2.05, 4.69) is 23.3 Å². The van der Waals surface area contributed by atoms with Gasteiger partial charge in [0.15, 0.2) is 16.6 Å². The molecule has 3 rings (SSSR count). The van der Waals surface area contributed by atoms with Crippen molar-refractivity contribution in [2.24, 2.45) is 0 Å². The molecule has 0 bridgehead atoms. The van der Waals surface area contributed by atoms with Gasteiger partial charge < -0.3 is 9.47 Å². The van der Waals surface area contributed by atoms with Crippen molar-refractivity contribution in [1.82, 2.24) is 4.98 Å². The number of hydrogen-bond acceptors (Lipinski definition) is 5. The smallest absolute Gasteiger partial charge is 0.250 e. The van der Waals surface area contributed by atoms with Crippen LogP contribution >= 0.6 is 11.3 Å². The lowest BCUT2D eigenvalue weighted by Gasteiger charge is -2.12. The highest BCUT2D eigenvalue weighted by Crippen LogP contribution is 2.29. The van der Waals surface area contributed by atoms with Gasteiger partial charge in [-0.25, -0.2) is 4.98 Å². The molecule has 1 amide bonds. The maximum Gasteiger partial charge on any atom is 0.250 e. The quantitative estimate of drug-likeness (QED) is 0.538. The number of thiazole rings is 1.